The van der Waals surface area contributed by atoms with Crippen LogP contribution >= 0.6 is 0 Å². The Morgan fingerprint density at radius 2 is 1.40 bits per heavy atom. The fraction of sp³-hybridized carbons (Fsp3) is 1.00. The molecule has 2 aliphatic heterocycles. The van der Waals surface area contributed by atoms with Crippen molar-refractivity contribution in [2.45, 2.75) is 65.8 Å². The average molecular weight is 280 g/mol. The summed E-state index contributed by atoms with van der Waals surface area (Å²) in [5.74, 6) is 1.75. The summed E-state index contributed by atoms with van der Waals surface area (Å²) in [4.78, 5) is 5.32. The van der Waals surface area contributed by atoms with Crippen molar-refractivity contribution in [3.05, 3.63) is 0 Å². The van der Waals surface area contributed by atoms with Gasteiger partial charge in [0.2, 0.25) is 0 Å². The van der Waals surface area contributed by atoms with Gasteiger partial charge in [-0.15, -0.1) is 0 Å². The van der Waals surface area contributed by atoms with Crippen LogP contribution in [0, 0.1) is 17.3 Å². The number of nitrogens with zero attached hydrogens (tertiary/aromatic N) is 2. The summed E-state index contributed by atoms with van der Waals surface area (Å²) < 4.78 is 0. The first-order valence-electron chi connectivity index (χ1n) is 8.65. The van der Waals surface area contributed by atoms with E-state index in [0.717, 1.165) is 11.8 Å². The lowest BCUT2D eigenvalue weighted by molar-refractivity contribution is -0.00936. The molecule has 0 radical (unpaired) electrons. The molecule has 2 fully saturated rings. The van der Waals surface area contributed by atoms with Gasteiger partial charge in [0.15, 0.2) is 0 Å². The zero-order valence-electron chi connectivity index (χ0n) is 14.7. The van der Waals surface area contributed by atoms with Gasteiger partial charge in [-0.25, -0.2) is 0 Å². The predicted octanol–water partition coefficient (Wildman–Crippen LogP) is 3.86. The van der Waals surface area contributed by atoms with Gasteiger partial charge in [0.1, 0.15) is 0 Å². The molecule has 0 saturated carbocycles. The molecule has 0 aromatic carbocycles. The third-order valence-electron chi connectivity index (χ3n) is 6.16. The van der Waals surface area contributed by atoms with Gasteiger partial charge in [-0.05, 0) is 83.5 Å². The van der Waals surface area contributed by atoms with E-state index in [9.17, 15) is 0 Å². The summed E-state index contributed by atoms with van der Waals surface area (Å²) in [7, 11) is 2.29. The maximum absolute atomic E-state index is 2.79. The number of hydrogen-bond acceptors (Lipinski definition) is 2. The van der Waals surface area contributed by atoms with E-state index in [-0.39, 0.29) is 0 Å². The van der Waals surface area contributed by atoms with Gasteiger partial charge in [-0.2, -0.15) is 0 Å². The molecule has 2 heteroatoms. The van der Waals surface area contributed by atoms with E-state index in [1.54, 1.807) is 0 Å². The highest BCUT2D eigenvalue weighted by Gasteiger charge is 2.40. The lowest BCUT2D eigenvalue weighted by Crippen LogP contribution is -2.56. The van der Waals surface area contributed by atoms with Crippen molar-refractivity contribution in [3.63, 3.8) is 0 Å². The molecule has 1 unspecified atom stereocenters. The smallest absolute Gasteiger partial charge is 0.0193 e. The van der Waals surface area contributed by atoms with Crippen LogP contribution in [0.3, 0.4) is 0 Å². The van der Waals surface area contributed by atoms with Gasteiger partial charge >= 0.3 is 0 Å². The Labute approximate surface area is 126 Å². The first-order valence-corrected chi connectivity index (χ1v) is 8.65. The minimum absolute atomic E-state index is 0.373. The largest absolute Gasteiger partial charge is 0.306 e. The molecule has 1 atom stereocenters. The quantitative estimate of drug-likeness (QED) is 0.758. The highest BCUT2D eigenvalue weighted by Crippen LogP contribution is 2.39. The second-order valence-corrected chi connectivity index (χ2v) is 8.88. The normalized spacial score (nSPS) is 28.8. The van der Waals surface area contributed by atoms with Crippen LogP contribution in [0.5, 0.6) is 0 Å². The Bertz CT molecular complexity index is 308. The van der Waals surface area contributed by atoms with Gasteiger partial charge in [-0.1, -0.05) is 20.8 Å². The van der Waals surface area contributed by atoms with Crippen LogP contribution in [-0.4, -0.2) is 48.6 Å². The van der Waals surface area contributed by atoms with E-state index >= 15 is 0 Å². The summed E-state index contributed by atoms with van der Waals surface area (Å²) in [6.07, 6.45) is 5.56. The lowest BCUT2D eigenvalue weighted by atomic mass is 9.73. The SMILES string of the molecule is CN1CCCC(C(C)(C)N2CCC(C(C)(C)C)CC2)C1. The summed E-state index contributed by atoms with van der Waals surface area (Å²) in [6, 6.07) is 0. The summed E-state index contributed by atoms with van der Waals surface area (Å²) in [5, 5.41) is 0. The predicted molar refractivity (Wildman–Crippen MR) is 88.1 cm³/mol. The fourth-order valence-corrected chi connectivity index (χ4v) is 4.32. The van der Waals surface area contributed by atoms with E-state index in [1.165, 1.54) is 51.9 Å². The van der Waals surface area contributed by atoms with Crippen molar-refractivity contribution in [3.8, 4) is 0 Å². The fourth-order valence-electron chi connectivity index (χ4n) is 4.32. The molecular formula is C18H36N2. The van der Waals surface area contributed by atoms with Crippen LogP contribution < -0.4 is 0 Å². The topological polar surface area (TPSA) is 6.48 Å². The first-order chi connectivity index (χ1) is 9.21. The molecule has 2 saturated heterocycles. The molecule has 2 rings (SSSR count). The Balaban J connectivity index is 1.94. The Morgan fingerprint density at radius 3 is 1.90 bits per heavy atom. The van der Waals surface area contributed by atoms with Crippen molar-refractivity contribution in [2.75, 3.05) is 33.2 Å². The number of hydrogen-bond donors (Lipinski definition) is 0. The molecule has 2 heterocycles. The highest BCUT2D eigenvalue weighted by molar-refractivity contribution is 4.94. The molecule has 0 N–H and O–H groups in total. The molecule has 0 aliphatic carbocycles. The maximum Gasteiger partial charge on any atom is 0.0193 e. The molecule has 0 aromatic heterocycles. The Hall–Kier alpha value is -0.0800. The molecule has 2 aliphatic rings. The third-order valence-corrected chi connectivity index (χ3v) is 6.16. The highest BCUT2D eigenvalue weighted by atomic mass is 15.2. The first kappa shape index (κ1) is 16.3. The van der Waals surface area contributed by atoms with Crippen LogP contribution in [0.4, 0.5) is 0 Å². The number of rotatable bonds is 2. The van der Waals surface area contributed by atoms with E-state index in [4.69, 9.17) is 0 Å². The average Bonchev–Trinajstić information content (AvgIpc) is 2.38. The summed E-state index contributed by atoms with van der Waals surface area (Å²) >= 11 is 0. The minimum Gasteiger partial charge on any atom is -0.306 e. The number of piperidine rings is 2. The second kappa shape index (κ2) is 5.96. The van der Waals surface area contributed by atoms with Gasteiger partial charge in [-0.3, -0.25) is 4.90 Å². The van der Waals surface area contributed by atoms with Crippen LogP contribution in [0.2, 0.25) is 0 Å². The summed E-state index contributed by atoms with van der Waals surface area (Å²) in [5.41, 5.74) is 0.860. The Morgan fingerprint density at radius 1 is 0.800 bits per heavy atom. The van der Waals surface area contributed by atoms with Gasteiger partial charge < -0.3 is 4.90 Å². The van der Waals surface area contributed by atoms with Crippen molar-refractivity contribution >= 4 is 0 Å². The van der Waals surface area contributed by atoms with E-state index in [1.807, 2.05) is 0 Å². The zero-order valence-corrected chi connectivity index (χ0v) is 14.7. The van der Waals surface area contributed by atoms with Gasteiger partial charge in [0.25, 0.3) is 0 Å². The van der Waals surface area contributed by atoms with E-state index in [0.29, 0.717) is 11.0 Å². The molecule has 20 heavy (non-hydrogen) atoms. The molecule has 0 aromatic rings. The molecule has 118 valence electrons. The minimum atomic E-state index is 0.373. The molecule has 0 bridgehead atoms. The summed E-state index contributed by atoms with van der Waals surface area (Å²) in [6.45, 7) is 17.4. The van der Waals surface area contributed by atoms with Crippen LogP contribution in [0.15, 0.2) is 0 Å². The van der Waals surface area contributed by atoms with Crippen LogP contribution in [-0.2, 0) is 0 Å². The third kappa shape index (κ3) is 3.57. The van der Waals surface area contributed by atoms with Crippen molar-refractivity contribution < 1.29 is 0 Å². The van der Waals surface area contributed by atoms with Crippen molar-refractivity contribution in [1.82, 2.24) is 9.80 Å². The van der Waals surface area contributed by atoms with Crippen LogP contribution in [0.1, 0.15) is 60.3 Å². The standard InChI is InChI=1S/C18H36N2/c1-17(2,3)15-9-12-20(13-10-15)18(4,5)16-8-7-11-19(6)14-16/h15-16H,7-14H2,1-6H3. The maximum atomic E-state index is 2.79. The number of likely N-dealkylation sites (tertiary alicyclic amines) is 2. The van der Waals surface area contributed by atoms with Crippen molar-refractivity contribution in [2.24, 2.45) is 17.3 Å². The van der Waals surface area contributed by atoms with Gasteiger partial charge in [0, 0.05) is 12.1 Å². The zero-order chi connectivity index (χ0) is 15.0. The Kier molecular flexibility index (Phi) is 4.86. The molecular weight excluding hydrogens is 244 g/mol. The van der Waals surface area contributed by atoms with E-state index in [2.05, 4.69) is 51.5 Å². The van der Waals surface area contributed by atoms with Crippen molar-refractivity contribution in [1.29, 1.82) is 0 Å². The van der Waals surface area contributed by atoms with Gasteiger partial charge in [0.05, 0.1) is 0 Å². The molecule has 0 spiro atoms. The van der Waals surface area contributed by atoms with E-state index < -0.39 is 0 Å². The lowest BCUT2D eigenvalue weighted by Gasteiger charge is -2.51. The molecule has 2 nitrogen and oxygen atoms in total. The monoisotopic (exact) mass is 280 g/mol. The second-order valence-electron chi connectivity index (χ2n) is 8.88. The van der Waals surface area contributed by atoms with Crippen LogP contribution in [0.25, 0.3) is 0 Å². The molecule has 0 amide bonds.